The summed E-state index contributed by atoms with van der Waals surface area (Å²) >= 11 is 0. The Bertz CT molecular complexity index is 1470. The number of unbranched alkanes of at least 4 members (excludes halogenated alkanes) is 2. The molecule has 206 valence electrons. The maximum atomic E-state index is 13.6. The van der Waals surface area contributed by atoms with E-state index in [4.69, 9.17) is 0 Å². The second-order valence-electron chi connectivity index (χ2n) is 12.2. The third-order valence-corrected chi connectivity index (χ3v) is 8.88. The number of hydrogen-bond donors (Lipinski definition) is 0. The van der Waals surface area contributed by atoms with Crippen molar-refractivity contribution in [3.05, 3.63) is 108 Å². The van der Waals surface area contributed by atoms with Crippen molar-refractivity contribution in [2.75, 3.05) is 18.0 Å². The van der Waals surface area contributed by atoms with Crippen molar-refractivity contribution >= 4 is 28.7 Å². The highest BCUT2D eigenvalue weighted by Gasteiger charge is 2.50. The first-order valence-electron chi connectivity index (χ1n) is 14.5. The van der Waals surface area contributed by atoms with Crippen LogP contribution in [0.25, 0.3) is 0 Å². The zero-order valence-electron chi connectivity index (χ0n) is 24.4. The second kappa shape index (κ2) is 10.6. The van der Waals surface area contributed by atoms with E-state index in [1.54, 1.807) is 0 Å². The number of nitrogens with zero attached hydrogens (tertiary/aromatic N) is 2. The summed E-state index contributed by atoms with van der Waals surface area (Å²) in [7, 11) is 0. The van der Waals surface area contributed by atoms with E-state index in [0.29, 0.717) is 5.57 Å². The van der Waals surface area contributed by atoms with Crippen LogP contribution >= 0.6 is 0 Å². The molecule has 0 atom stereocenters. The Morgan fingerprint density at radius 3 is 2.17 bits per heavy atom. The van der Waals surface area contributed by atoms with Crippen molar-refractivity contribution in [2.45, 2.75) is 64.2 Å². The molecule has 0 bridgehead atoms. The van der Waals surface area contributed by atoms with Crippen LogP contribution in [0.3, 0.4) is 0 Å². The molecule has 0 spiro atoms. The van der Waals surface area contributed by atoms with E-state index in [-0.39, 0.29) is 22.4 Å². The van der Waals surface area contributed by atoms with Gasteiger partial charge in [-0.15, -0.1) is 13.2 Å². The van der Waals surface area contributed by atoms with Crippen LogP contribution in [0, 0.1) is 5.92 Å². The van der Waals surface area contributed by atoms with E-state index >= 15 is 0 Å². The molecular formula is C36H41N2O2+. The number of anilines is 1. The molecule has 4 heteroatoms. The van der Waals surface area contributed by atoms with Gasteiger partial charge in [0.1, 0.15) is 12.5 Å². The van der Waals surface area contributed by atoms with Crippen LogP contribution in [0.5, 0.6) is 0 Å². The zero-order chi connectivity index (χ0) is 28.7. The smallest absolute Gasteiger partial charge is 0.209 e. The molecule has 2 heterocycles. The summed E-state index contributed by atoms with van der Waals surface area (Å²) in [5, 5.41) is 0. The van der Waals surface area contributed by atoms with Crippen molar-refractivity contribution < 1.29 is 14.2 Å². The van der Waals surface area contributed by atoms with Crippen LogP contribution in [0.4, 0.5) is 11.4 Å². The first-order valence-corrected chi connectivity index (χ1v) is 14.5. The maximum Gasteiger partial charge on any atom is 0.209 e. The van der Waals surface area contributed by atoms with Gasteiger partial charge < -0.3 is 4.90 Å². The monoisotopic (exact) mass is 533 g/mol. The highest BCUT2D eigenvalue weighted by atomic mass is 16.2. The fourth-order valence-corrected chi connectivity index (χ4v) is 6.60. The number of hydrogen-bond acceptors (Lipinski definition) is 3. The van der Waals surface area contributed by atoms with Crippen LogP contribution in [-0.2, 0) is 20.4 Å². The number of ketones is 2. The lowest BCUT2D eigenvalue weighted by molar-refractivity contribution is -0.438. The van der Waals surface area contributed by atoms with E-state index in [1.807, 2.05) is 24.3 Å². The molecule has 0 saturated heterocycles. The first-order chi connectivity index (χ1) is 19.1. The van der Waals surface area contributed by atoms with Gasteiger partial charge in [0.2, 0.25) is 5.69 Å². The van der Waals surface area contributed by atoms with Crippen LogP contribution in [-0.4, -0.2) is 34.9 Å². The summed E-state index contributed by atoms with van der Waals surface area (Å²) in [5.41, 5.74) is 6.53. The molecule has 0 amide bonds. The van der Waals surface area contributed by atoms with Gasteiger partial charge in [0.15, 0.2) is 17.3 Å². The lowest BCUT2D eigenvalue weighted by Crippen LogP contribution is -2.43. The predicted molar refractivity (Wildman–Crippen MR) is 165 cm³/mol. The summed E-state index contributed by atoms with van der Waals surface area (Å²) in [4.78, 5) is 29.6. The summed E-state index contributed by atoms with van der Waals surface area (Å²) in [6, 6.07) is 16.8. The molecule has 1 saturated carbocycles. The molecule has 0 radical (unpaired) electrons. The molecule has 4 nitrogen and oxygen atoms in total. The Balaban J connectivity index is 1.49. The third-order valence-electron chi connectivity index (χ3n) is 8.88. The van der Waals surface area contributed by atoms with Gasteiger partial charge in [-0.3, -0.25) is 9.59 Å². The number of benzene rings is 2. The molecule has 2 aliphatic heterocycles. The normalized spacial score (nSPS) is 21.4. The second-order valence-corrected chi connectivity index (χ2v) is 12.2. The number of rotatable bonds is 10. The van der Waals surface area contributed by atoms with Gasteiger partial charge in [-0.2, -0.15) is 4.58 Å². The number of Topliss-reactive ketones (excluding diaryl/α,β-unsaturated/α-hetero) is 2. The highest BCUT2D eigenvalue weighted by molar-refractivity contribution is 6.41. The van der Waals surface area contributed by atoms with E-state index in [9.17, 15) is 9.59 Å². The zero-order valence-corrected chi connectivity index (χ0v) is 24.4. The molecular weight excluding hydrogens is 492 g/mol. The van der Waals surface area contributed by atoms with Gasteiger partial charge in [-0.25, -0.2) is 0 Å². The molecule has 5 rings (SSSR count). The topological polar surface area (TPSA) is 40.4 Å². The van der Waals surface area contributed by atoms with Crippen molar-refractivity contribution in [2.24, 2.45) is 5.92 Å². The molecule has 0 unspecified atom stereocenters. The Kier molecular flexibility index (Phi) is 7.39. The average molecular weight is 534 g/mol. The van der Waals surface area contributed by atoms with Crippen LogP contribution in [0.2, 0.25) is 0 Å². The summed E-state index contributed by atoms with van der Waals surface area (Å²) in [6.07, 6.45) is 11.4. The predicted octanol–water partition coefficient (Wildman–Crippen LogP) is 7.37. The number of fused-ring (bicyclic) bond motifs is 2. The number of para-hydroxylation sites is 2. The largest absolute Gasteiger partial charge is 0.344 e. The minimum atomic E-state index is -0.738. The Hall–Kier alpha value is -3.79. The lowest BCUT2D eigenvalue weighted by atomic mass is 9.72. The number of allylic oxidation sites excluding steroid dienone is 6. The fourth-order valence-electron chi connectivity index (χ4n) is 6.60. The third kappa shape index (κ3) is 4.44. The molecule has 0 N–H and O–H groups in total. The Morgan fingerprint density at radius 2 is 1.48 bits per heavy atom. The van der Waals surface area contributed by atoms with E-state index in [0.717, 1.165) is 61.6 Å². The van der Waals surface area contributed by atoms with Gasteiger partial charge in [0.25, 0.3) is 0 Å². The number of carbonyl (C=O) groups excluding carboxylic acids is 2. The van der Waals surface area contributed by atoms with Gasteiger partial charge in [0, 0.05) is 47.5 Å². The van der Waals surface area contributed by atoms with Crippen LogP contribution in [0.1, 0.15) is 64.5 Å². The molecule has 40 heavy (non-hydrogen) atoms. The first kappa shape index (κ1) is 27.8. The van der Waals surface area contributed by atoms with E-state index < -0.39 is 5.92 Å². The van der Waals surface area contributed by atoms with Gasteiger partial charge >= 0.3 is 0 Å². The maximum absolute atomic E-state index is 13.6. The molecule has 3 aliphatic rings. The summed E-state index contributed by atoms with van der Waals surface area (Å²) < 4.78 is 2.29. The van der Waals surface area contributed by atoms with Gasteiger partial charge in [0.05, 0.1) is 11.0 Å². The SMILES string of the molecule is C=CCCCN1/C(=C/C2C(=O)C(=CC3=[N+](CCCC=C)c4ccccc4C3(C)C)C2=O)C(C)(C)c2ccccc21. The van der Waals surface area contributed by atoms with E-state index in [2.05, 4.69) is 98.9 Å². The van der Waals surface area contributed by atoms with Crippen LogP contribution in [0.15, 0.2) is 97.3 Å². The quantitative estimate of drug-likeness (QED) is 0.0799. The molecule has 1 aliphatic carbocycles. The minimum Gasteiger partial charge on any atom is -0.344 e. The molecule has 2 aromatic carbocycles. The van der Waals surface area contributed by atoms with Crippen molar-refractivity contribution in [3.8, 4) is 0 Å². The van der Waals surface area contributed by atoms with E-state index in [1.165, 1.54) is 11.1 Å². The van der Waals surface area contributed by atoms with Crippen molar-refractivity contribution in [3.63, 3.8) is 0 Å². The average Bonchev–Trinajstić information content (AvgIpc) is 3.29. The lowest BCUT2D eigenvalue weighted by Gasteiger charge is -2.31. The Labute approximate surface area is 239 Å². The standard InChI is InChI=1S/C36H41N2O2/c1-7-9-15-21-37-29-19-13-11-17-27(29)35(3,4)31(37)23-25-33(39)26(34(25)40)24-32-36(5,6)28-18-12-14-20-30(28)38(32)22-16-10-8-2/h7-8,11-14,17-20,23-25H,1-2,9-10,15-16,21-22H2,3-6H3/q+1/b26-24?,31-23+. The summed E-state index contributed by atoms with van der Waals surface area (Å²) in [6.45, 7) is 18.1. The summed E-state index contributed by atoms with van der Waals surface area (Å²) in [5.74, 6) is -0.903. The Morgan fingerprint density at radius 1 is 0.850 bits per heavy atom. The molecule has 0 aromatic heterocycles. The van der Waals surface area contributed by atoms with Crippen molar-refractivity contribution in [1.29, 1.82) is 0 Å². The molecule has 2 aromatic rings. The highest BCUT2D eigenvalue weighted by Crippen LogP contribution is 2.49. The van der Waals surface area contributed by atoms with Crippen molar-refractivity contribution in [1.82, 2.24) is 0 Å². The fraction of sp³-hybridized carbons (Fsp3) is 0.361. The minimum absolute atomic E-state index is 0.0828. The van der Waals surface area contributed by atoms with Crippen LogP contribution < -0.4 is 4.90 Å². The van der Waals surface area contributed by atoms with Gasteiger partial charge in [-0.1, -0.05) is 62.4 Å². The number of carbonyl (C=O) groups is 2. The molecule has 1 fully saturated rings. The van der Waals surface area contributed by atoms with Gasteiger partial charge in [-0.05, 0) is 50.8 Å².